The van der Waals surface area contributed by atoms with Gasteiger partial charge in [-0.15, -0.1) is 0 Å². The molecule has 2 rings (SSSR count). The Balaban J connectivity index is 2.50. The number of ether oxygens (including phenoxy) is 1. The average Bonchev–Trinajstić information content (AvgIpc) is 2.24. The van der Waals surface area contributed by atoms with E-state index in [2.05, 4.69) is 64.6 Å². The van der Waals surface area contributed by atoms with Gasteiger partial charge in [0.2, 0.25) is 0 Å². The van der Waals surface area contributed by atoms with Crippen LogP contribution in [0.2, 0.25) is 0 Å². The molecule has 18 heavy (non-hydrogen) atoms. The number of anilines is 1. The topological polar surface area (TPSA) is 12.5 Å². The molecule has 2 nitrogen and oxygen atoms in total. The summed E-state index contributed by atoms with van der Waals surface area (Å²) in [6, 6.07) is 8.75. The highest BCUT2D eigenvalue weighted by Crippen LogP contribution is 2.42. The van der Waals surface area contributed by atoms with E-state index >= 15 is 0 Å². The second-order valence-corrected chi connectivity index (χ2v) is 7.20. The SMILES string of the molecule is CC(C)(C)C1COc2ccccc2N1C(C)(C)C. The third kappa shape index (κ3) is 2.33. The molecule has 0 N–H and O–H groups in total. The van der Waals surface area contributed by atoms with E-state index < -0.39 is 0 Å². The second kappa shape index (κ2) is 4.18. The first-order chi connectivity index (χ1) is 8.21. The predicted octanol–water partition coefficient (Wildman–Crippen LogP) is 4.10. The zero-order valence-electron chi connectivity index (χ0n) is 12.4. The van der Waals surface area contributed by atoms with Gasteiger partial charge >= 0.3 is 0 Å². The van der Waals surface area contributed by atoms with Crippen LogP contribution in [0.15, 0.2) is 24.3 Å². The van der Waals surface area contributed by atoms with Gasteiger partial charge in [0.1, 0.15) is 12.4 Å². The van der Waals surface area contributed by atoms with Gasteiger partial charge in [-0.05, 0) is 38.3 Å². The molecule has 1 atom stereocenters. The predicted molar refractivity (Wildman–Crippen MR) is 77.4 cm³/mol. The van der Waals surface area contributed by atoms with Gasteiger partial charge in [0, 0.05) is 5.54 Å². The first-order valence-electron chi connectivity index (χ1n) is 6.72. The Morgan fingerprint density at radius 2 is 1.67 bits per heavy atom. The molecule has 1 unspecified atom stereocenters. The van der Waals surface area contributed by atoms with Gasteiger partial charge < -0.3 is 9.64 Å². The van der Waals surface area contributed by atoms with Crippen LogP contribution in [0.3, 0.4) is 0 Å². The average molecular weight is 247 g/mol. The third-order valence-electron chi connectivity index (χ3n) is 3.56. The van der Waals surface area contributed by atoms with Crippen molar-refractivity contribution in [2.24, 2.45) is 5.41 Å². The number of rotatable bonds is 0. The Morgan fingerprint density at radius 1 is 1.06 bits per heavy atom. The molecular weight excluding hydrogens is 222 g/mol. The quantitative estimate of drug-likeness (QED) is 0.684. The molecule has 2 heteroatoms. The molecular formula is C16H25NO. The van der Waals surface area contributed by atoms with Crippen molar-refractivity contribution in [2.75, 3.05) is 11.5 Å². The largest absolute Gasteiger partial charge is 0.489 e. The van der Waals surface area contributed by atoms with Crippen LogP contribution in [0, 0.1) is 5.41 Å². The Kier molecular flexibility index (Phi) is 3.08. The van der Waals surface area contributed by atoms with Crippen molar-refractivity contribution >= 4 is 5.69 Å². The minimum absolute atomic E-state index is 0.0951. The molecule has 0 spiro atoms. The molecule has 1 aliphatic heterocycles. The van der Waals surface area contributed by atoms with Crippen LogP contribution in [-0.2, 0) is 0 Å². The van der Waals surface area contributed by atoms with Gasteiger partial charge in [-0.2, -0.15) is 0 Å². The third-order valence-corrected chi connectivity index (χ3v) is 3.56. The van der Waals surface area contributed by atoms with Crippen LogP contribution < -0.4 is 9.64 Å². The van der Waals surface area contributed by atoms with Crippen LogP contribution in [0.5, 0.6) is 5.75 Å². The summed E-state index contributed by atoms with van der Waals surface area (Å²) >= 11 is 0. The summed E-state index contributed by atoms with van der Waals surface area (Å²) in [5.41, 5.74) is 1.51. The van der Waals surface area contributed by atoms with Gasteiger partial charge in [0.25, 0.3) is 0 Å². The van der Waals surface area contributed by atoms with Gasteiger partial charge in [0.05, 0.1) is 11.7 Å². The highest BCUT2D eigenvalue weighted by Gasteiger charge is 2.40. The molecule has 0 amide bonds. The second-order valence-electron chi connectivity index (χ2n) is 7.20. The Hall–Kier alpha value is -1.18. The van der Waals surface area contributed by atoms with Crippen LogP contribution >= 0.6 is 0 Å². The van der Waals surface area contributed by atoms with E-state index in [1.165, 1.54) is 5.69 Å². The Labute approximate surface area is 111 Å². The molecule has 0 radical (unpaired) electrons. The summed E-state index contributed by atoms with van der Waals surface area (Å²) in [5.74, 6) is 1.01. The van der Waals surface area contributed by atoms with E-state index in [4.69, 9.17) is 4.74 Å². The molecule has 1 heterocycles. The molecule has 0 fully saturated rings. The van der Waals surface area contributed by atoms with E-state index in [-0.39, 0.29) is 11.0 Å². The summed E-state index contributed by atoms with van der Waals surface area (Å²) in [7, 11) is 0. The number of hydrogen-bond acceptors (Lipinski definition) is 2. The van der Waals surface area contributed by atoms with Crippen LogP contribution in [-0.4, -0.2) is 18.2 Å². The molecule has 1 aliphatic rings. The molecule has 1 aromatic rings. The standard InChI is InChI=1S/C16H25NO/c1-15(2,3)14-11-18-13-10-8-7-9-12(13)17(14)16(4,5)6/h7-10,14H,11H2,1-6H3. The number of benzene rings is 1. The summed E-state index contributed by atoms with van der Waals surface area (Å²) in [6.07, 6.45) is 0. The Morgan fingerprint density at radius 3 is 2.22 bits per heavy atom. The maximum absolute atomic E-state index is 5.95. The molecule has 100 valence electrons. The fourth-order valence-corrected chi connectivity index (χ4v) is 2.66. The molecule has 0 aliphatic carbocycles. The maximum atomic E-state index is 5.95. The van der Waals surface area contributed by atoms with Crippen LogP contribution in [0.25, 0.3) is 0 Å². The van der Waals surface area contributed by atoms with Crippen molar-refractivity contribution in [3.05, 3.63) is 24.3 Å². The summed E-state index contributed by atoms with van der Waals surface area (Å²) < 4.78 is 5.95. The van der Waals surface area contributed by atoms with Crippen molar-refractivity contribution in [1.82, 2.24) is 0 Å². The summed E-state index contributed by atoms with van der Waals surface area (Å²) in [4.78, 5) is 2.52. The number of hydrogen-bond donors (Lipinski definition) is 0. The van der Waals surface area contributed by atoms with Gasteiger partial charge in [-0.3, -0.25) is 0 Å². The zero-order chi connectivity index (χ0) is 13.6. The lowest BCUT2D eigenvalue weighted by atomic mass is 9.82. The molecule has 0 saturated carbocycles. The number of fused-ring (bicyclic) bond motifs is 1. The molecule has 0 aromatic heterocycles. The lowest BCUT2D eigenvalue weighted by molar-refractivity contribution is 0.160. The Bertz CT molecular complexity index is 425. The van der Waals surface area contributed by atoms with Gasteiger partial charge in [-0.1, -0.05) is 32.9 Å². The van der Waals surface area contributed by atoms with Crippen molar-refractivity contribution in [3.8, 4) is 5.75 Å². The number of nitrogens with zero attached hydrogens (tertiary/aromatic N) is 1. The van der Waals surface area contributed by atoms with Gasteiger partial charge in [0.15, 0.2) is 0 Å². The van der Waals surface area contributed by atoms with Crippen molar-refractivity contribution in [1.29, 1.82) is 0 Å². The molecule has 0 bridgehead atoms. The minimum Gasteiger partial charge on any atom is -0.489 e. The first-order valence-corrected chi connectivity index (χ1v) is 6.72. The number of para-hydroxylation sites is 2. The summed E-state index contributed by atoms with van der Waals surface area (Å²) in [5, 5.41) is 0. The maximum Gasteiger partial charge on any atom is 0.142 e. The normalized spacial score (nSPS) is 20.3. The van der Waals surface area contributed by atoms with E-state index in [1.54, 1.807) is 0 Å². The van der Waals surface area contributed by atoms with E-state index in [1.807, 2.05) is 6.07 Å². The fraction of sp³-hybridized carbons (Fsp3) is 0.625. The van der Waals surface area contributed by atoms with E-state index in [0.717, 1.165) is 12.4 Å². The van der Waals surface area contributed by atoms with Crippen LogP contribution in [0.4, 0.5) is 5.69 Å². The van der Waals surface area contributed by atoms with Crippen LogP contribution in [0.1, 0.15) is 41.5 Å². The van der Waals surface area contributed by atoms with Gasteiger partial charge in [-0.25, -0.2) is 0 Å². The lowest BCUT2D eigenvalue weighted by Gasteiger charge is -2.51. The van der Waals surface area contributed by atoms with Crippen molar-refractivity contribution in [3.63, 3.8) is 0 Å². The monoisotopic (exact) mass is 247 g/mol. The lowest BCUT2D eigenvalue weighted by Crippen LogP contribution is -2.58. The molecule has 0 saturated heterocycles. The minimum atomic E-state index is 0.0951. The van der Waals surface area contributed by atoms with Crippen molar-refractivity contribution in [2.45, 2.75) is 53.1 Å². The van der Waals surface area contributed by atoms with E-state index in [0.29, 0.717) is 6.04 Å². The fourth-order valence-electron chi connectivity index (χ4n) is 2.66. The zero-order valence-corrected chi connectivity index (χ0v) is 12.4. The highest BCUT2D eigenvalue weighted by molar-refractivity contribution is 5.62. The van der Waals surface area contributed by atoms with E-state index in [9.17, 15) is 0 Å². The highest BCUT2D eigenvalue weighted by atomic mass is 16.5. The van der Waals surface area contributed by atoms with Crippen molar-refractivity contribution < 1.29 is 4.74 Å². The first kappa shape index (κ1) is 13.3. The smallest absolute Gasteiger partial charge is 0.142 e. The summed E-state index contributed by atoms with van der Waals surface area (Å²) in [6.45, 7) is 14.4. The molecule has 1 aromatic carbocycles.